The maximum absolute atomic E-state index is 0. The van der Waals surface area contributed by atoms with E-state index in [1.807, 2.05) is 0 Å². The summed E-state index contributed by atoms with van der Waals surface area (Å²) in [6, 6.07) is 0. The average molecular weight is 292 g/mol. The van der Waals surface area contributed by atoms with E-state index in [-0.39, 0.29) is 91.9 Å². The summed E-state index contributed by atoms with van der Waals surface area (Å²) in [5.41, 5.74) is 0. The van der Waals surface area contributed by atoms with Gasteiger partial charge in [-0.2, -0.15) is 23.4 Å². The van der Waals surface area contributed by atoms with Crippen molar-refractivity contribution in [3.8, 4) is 0 Å². The molecule has 72 valence electrons. The van der Waals surface area contributed by atoms with Crippen LogP contribution >= 0.6 is 47.4 Å². The Balaban J connectivity index is 0. The summed E-state index contributed by atoms with van der Waals surface area (Å²) < 4.78 is 0. The van der Waals surface area contributed by atoms with Gasteiger partial charge in [0.2, 0.25) is 0 Å². The Bertz CT molecular complexity index is 13.0. The van der Waals surface area contributed by atoms with Gasteiger partial charge in [-0.1, -0.05) is 44.6 Å². The van der Waals surface area contributed by atoms with Crippen LogP contribution in [0.25, 0.3) is 0 Å². The van der Waals surface area contributed by atoms with Crippen LogP contribution in [0.1, 0.15) is 44.6 Å². The van der Waals surface area contributed by atoms with Gasteiger partial charge in [-0.25, -0.2) is 0 Å². The Morgan fingerprint density at radius 3 is 0.444 bits per heavy atom. The smallest absolute Gasteiger partial charge is 0.0776 e. The standard InChI is InChI=1S/6CH4.HI.H3P.H2S/h6*1H4;1H;1H3;1H2. The molecule has 0 heterocycles. The maximum atomic E-state index is 0. The van der Waals surface area contributed by atoms with E-state index in [0.717, 1.165) is 0 Å². The van der Waals surface area contributed by atoms with Gasteiger partial charge >= 0.3 is 0 Å². The minimum absolute atomic E-state index is 0. The molecule has 0 nitrogen and oxygen atoms in total. The molecule has 0 aliphatic heterocycles. The molecule has 0 N–H and O–H groups in total. The van der Waals surface area contributed by atoms with Gasteiger partial charge in [0.1, 0.15) is 0 Å². The summed E-state index contributed by atoms with van der Waals surface area (Å²) in [4.78, 5) is 0. The Kier molecular flexibility index (Phi) is 14000. The molecular formula is C6H30IPS. The van der Waals surface area contributed by atoms with E-state index in [2.05, 4.69) is 0 Å². The van der Waals surface area contributed by atoms with Crippen molar-refractivity contribution < 1.29 is 0 Å². The molecule has 0 radical (unpaired) electrons. The first kappa shape index (κ1) is 417. The molecule has 0 aliphatic rings. The average Bonchev–Trinajstić information content (AvgIpc) is 0. The molecule has 0 aromatic rings. The van der Waals surface area contributed by atoms with E-state index >= 15 is 0 Å². The first-order chi connectivity index (χ1) is 0. The van der Waals surface area contributed by atoms with Gasteiger partial charge < -0.3 is 0 Å². The third-order valence-electron chi connectivity index (χ3n) is 0. The first-order valence-electron chi connectivity index (χ1n) is 0. The van der Waals surface area contributed by atoms with Crippen LogP contribution in [0.2, 0.25) is 0 Å². The molecule has 0 aromatic heterocycles. The van der Waals surface area contributed by atoms with Crippen LogP contribution in [0.15, 0.2) is 0 Å². The topological polar surface area (TPSA) is 0 Å². The number of halogens is 1. The van der Waals surface area contributed by atoms with Gasteiger partial charge in [0.25, 0.3) is 0 Å². The number of hydrogen-bond acceptors (Lipinski definition) is 0. The molecule has 0 rings (SSSR count). The van der Waals surface area contributed by atoms with E-state index in [1.54, 1.807) is 0 Å². The van der Waals surface area contributed by atoms with Crippen LogP contribution in [-0.2, 0) is 0 Å². The fraction of sp³-hybridized carbons (Fsp3) is 1.00. The zero-order valence-electron chi connectivity index (χ0n) is 1.62. The van der Waals surface area contributed by atoms with E-state index in [0.29, 0.717) is 0 Å². The molecule has 1 atom stereocenters. The Labute approximate surface area is 91.7 Å². The molecule has 0 bridgehead atoms. The highest BCUT2D eigenvalue weighted by molar-refractivity contribution is 14.0. The van der Waals surface area contributed by atoms with Gasteiger partial charge in [0.05, 0.1) is 0 Å². The fourth-order valence-corrected chi connectivity index (χ4v) is 0. The lowest BCUT2D eigenvalue weighted by molar-refractivity contribution is 2.50. The van der Waals surface area contributed by atoms with Crippen LogP contribution in [-0.4, -0.2) is 0 Å². The zero-order chi connectivity index (χ0) is 0. The lowest BCUT2D eigenvalue weighted by Gasteiger charge is -0.197. The van der Waals surface area contributed by atoms with Crippen molar-refractivity contribution in [3.05, 3.63) is 0 Å². The monoisotopic (exact) mass is 292 g/mol. The molecule has 0 saturated carbocycles. The summed E-state index contributed by atoms with van der Waals surface area (Å²) in [6.45, 7) is 0. The Hall–Kier alpha value is 1.51. The highest BCUT2D eigenvalue weighted by Crippen LogP contribution is 0.886. The van der Waals surface area contributed by atoms with Gasteiger partial charge in [0.15, 0.2) is 0 Å². The second-order valence-corrected chi connectivity index (χ2v) is 0. The predicted octanol–water partition coefficient (Wildman–Crippen LogP) is 4.61. The molecule has 0 aromatic carbocycles. The third kappa shape index (κ3) is 235. The van der Waals surface area contributed by atoms with Crippen molar-refractivity contribution in [2.24, 2.45) is 0 Å². The summed E-state index contributed by atoms with van der Waals surface area (Å²) in [6.07, 6.45) is 0. The van der Waals surface area contributed by atoms with E-state index in [9.17, 15) is 0 Å². The molecule has 3 heteroatoms. The summed E-state index contributed by atoms with van der Waals surface area (Å²) in [7, 11) is 0. The molecule has 0 spiro atoms. The molecule has 0 saturated heterocycles. The zero-order valence-corrected chi connectivity index (χ0v) is 6.36. The van der Waals surface area contributed by atoms with Crippen molar-refractivity contribution in [2.45, 2.75) is 44.6 Å². The minimum Gasteiger partial charge on any atom is -0.197 e. The van der Waals surface area contributed by atoms with Gasteiger partial charge in [-0.3, -0.25) is 0 Å². The Morgan fingerprint density at radius 2 is 0.444 bits per heavy atom. The normalized spacial score (nSPS) is 0. The second kappa shape index (κ2) is 302. The van der Waals surface area contributed by atoms with Crippen molar-refractivity contribution in [3.63, 3.8) is 0 Å². The summed E-state index contributed by atoms with van der Waals surface area (Å²) in [5, 5.41) is 0. The molecular weight excluding hydrogens is 262 g/mol. The van der Waals surface area contributed by atoms with Gasteiger partial charge in [-0.15, -0.1) is 24.0 Å². The number of hydrogen-bond donors (Lipinski definition) is 0. The van der Waals surface area contributed by atoms with Gasteiger partial charge in [-0.05, 0) is 0 Å². The van der Waals surface area contributed by atoms with Crippen LogP contribution in [0.5, 0.6) is 0 Å². The SMILES string of the molecule is C.C.C.C.C.C.I.P.S. The molecule has 1 unspecified atom stereocenters. The third-order valence-corrected chi connectivity index (χ3v) is 0. The van der Waals surface area contributed by atoms with Crippen LogP contribution < -0.4 is 0 Å². The van der Waals surface area contributed by atoms with Gasteiger partial charge in [0, 0.05) is 0 Å². The van der Waals surface area contributed by atoms with E-state index in [4.69, 9.17) is 0 Å². The molecule has 0 aliphatic carbocycles. The quantitative estimate of drug-likeness (QED) is 0.452. The molecule has 9 heavy (non-hydrogen) atoms. The van der Waals surface area contributed by atoms with Crippen molar-refractivity contribution in [2.75, 3.05) is 0 Å². The van der Waals surface area contributed by atoms with Crippen molar-refractivity contribution in [1.29, 1.82) is 0 Å². The fourth-order valence-electron chi connectivity index (χ4n) is 0. The van der Waals surface area contributed by atoms with Crippen LogP contribution in [0.4, 0.5) is 0 Å². The Morgan fingerprint density at radius 1 is 0.444 bits per heavy atom. The van der Waals surface area contributed by atoms with E-state index < -0.39 is 0 Å². The summed E-state index contributed by atoms with van der Waals surface area (Å²) in [5.74, 6) is 0. The lowest BCUT2D eigenvalue weighted by Crippen LogP contribution is 0.143. The lowest BCUT2D eigenvalue weighted by atomic mass is 12.0. The predicted molar refractivity (Wildman–Crippen MR) is 77.3 cm³/mol. The van der Waals surface area contributed by atoms with Crippen LogP contribution in [0.3, 0.4) is 0 Å². The second-order valence-electron chi connectivity index (χ2n) is 0. The first-order valence-corrected chi connectivity index (χ1v) is 0. The summed E-state index contributed by atoms with van der Waals surface area (Å²) >= 11 is 0. The molecule has 0 amide bonds. The molecule has 0 fully saturated rings. The van der Waals surface area contributed by atoms with Crippen molar-refractivity contribution >= 4 is 47.4 Å². The van der Waals surface area contributed by atoms with Crippen molar-refractivity contribution in [1.82, 2.24) is 0 Å². The number of rotatable bonds is 0. The highest BCUT2D eigenvalue weighted by Gasteiger charge is -0.0723. The minimum atomic E-state index is 0. The maximum Gasteiger partial charge on any atom is -0.0776 e. The van der Waals surface area contributed by atoms with E-state index in [1.165, 1.54) is 0 Å². The van der Waals surface area contributed by atoms with Crippen LogP contribution in [0, 0.1) is 0 Å². The largest absolute Gasteiger partial charge is 0.197 e. The highest BCUT2D eigenvalue weighted by atomic mass is 127.